The van der Waals surface area contributed by atoms with Crippen molar-refractivity contribution in [1.82, 2.24) is 0 Å². The monoisotopic (exact) mass is 209 g/mol. The molecule has 0 aliphatic rings. The van der Waals surface area contributed by atoms with Crippen molar-refractivity contribution in [2.45, 2.75) is 19.9 Å². The predicted molar refractivity (Wildman–Crippen MR) is 61.0 cm³/mol. The van der Waals surface area contributed by atoms with E-state index in [1.807, 2.05) is 38.1 Å². The zero-order chi connectivity index (χ0) is 11.1. The van der Waals surface area contributed by atoms with Crippen molar-refractivity contribution < 1.29 is 9.47 Å². The molecule has 84 valence electrons. The molecule has 1 aromatic rings. The summed E-state index contributed by atoms with van der Waals surface area (Å²) < 4.78 is 10.7. The maximum atomic E-state index is 5.78. The van der Waals surface area contributed by atoms with Crippen molar-refractivity contribution in [1.29, 1.82) is 0 Å². The van der Waals surface area contributed by atoms with Crippen molar-refractivity contribution in [3.8, 4) is 5.75 Å². The van der Waals surface area contributed by atoms with Crippen LogP contribution in [0.2, 0.25) is 0 Å². The minimum Gasteiger partial charge on any atom is -0.491 e. The van der Waals surface area contributed by atoms with Crippen LogP contribution in [0.5, 0.6) is 5.75 Å². The first-order valence-electron chi connectivity index (χ1n) is 5.30. The van der Waals surface area contributed by atoms with E-state index in [0.29, 0.717) is 13.2 Å². The molecule has 15 heavy (non-hydrogen) atoms. The summed E-state index contributed by atoms with van der Waals surface area (Å²) in [7, 11) is 0. The van der Waals surface area contributed by atoms with E-state index in [2.05, 4.69) is 0 Å². The van der Waals surface area contributed by atoms with Gasteiger partial charge in [-0.25, -0.2) is 0 Å². The van der Waals surface area contributed by atoms with E-state index < -0.39 is 0 Å². The topological polar surface area (TPSA) is 44.5 Å². The Kier molecular flexibility index (Phi) is 5.15. The Morgan fingerprint density at radius 3 is 2.80 bits per heavy atom. The molecule has 2 N–H and O–H groups in total. The largest absolute Gasteiger partial charge is 0.491 e. The van der Waals surface area contributed by atoms with Crippen molar-refractivity contribution in [3.63, 3.8) is 0 Å². The molecule has 3 nitrogen and oxygen atoms in total. The molecule has 0 radical (unpaired) electrons. The van der Waals surface area contributed by atoms with Gasteiger partial charge in [0.1, 0.15) is 12.4 Å². The highest BCUT2D eigenvalue weighted by Gasteiger charge is 2.00. The highest BCUT2D eigenvalue weighted by Crippen LogP contribution is 2.17. The maximum absolute atomic E-state index is 5.78. The van der Waals surface area contributed by atoms with E-state index in [-0.39, 0.29) is 6.04 Å². The summed E-state index contributed by atoms with van der Waals surface area (Å²) >= 11 is 0. The highest BCUT2D eigenvalue weighted by molar-refractivity contribution is 5.30. The van der Waals surface area contributed by atoms with Gasteiger partial charge in [-0.1, -0.05) is 12.1 Å². The summed E-state index contributed by atoms with van der Waals surface area (Å²) in [4.78, 5) is 0. The van der Waals surface area contributed by atoms with Crippen LogP contribution in [0, 0.1) is 0 Å². The molecule has 0 aliphatic carbocycles. The van der Waals surface area contributed by atoms with Gasteiger partial charge in [0.15, 0.2) is 0 Å². The van der Waals surface area contributed by atoms with E-state index in [4.69, 9.17) is 15.2 Å². The number of benzene rings is 1. The van der Waals surface area contributed by atoms with Gasteiger partial charge in [-0.15, -0.1) is 0 Å². The fourth-order valence-electron chi connectivity index (χ4n) is 1.25. The number of rotatable bonds is 6. The minimum absolute atomic E-state index is 0.0421. The van der Waals surface area contributed by atoms with Crippen molar-refractivity contribution in [2.75, 3.05) is 19.8 Å². The first kappa shape index (κ1) is 12.0. The number of hydrogen-bond acceptors (Lipinski definition) is 3. The van der Waals surface area contributed by atoms with Crippen LogP contribution < -0.4 is 10.5 Å². The average Bonchev–Trinajstić information content (AvgIpc) is 2.25. The molecule has 0 saturated carbocycles. The van der Waals surface area contributed by atoms with Crippen LogP contribution in [-0.4, -0.2) is 19.8 Å². The molecular formula is C12H19NO2. The number of hydrogen-bond donors (Lipinski definition) is 1. The quantitative estimate of drug-likeness (QED) is 0.730. The second-order valence-corrected chi connectivity index (χ2v) is 3.41. The van der Waals surface area contributed by atoms with Crippen molar-refractivity contribution in [2.24, 2.45) is 5.73 Å². The number of nitrogens with two attached hydrogens (primary N) is 1. The molecule has 0 aromatic heterocycles. The molecule has 0 saturated heterocycles. The lowest BCUT2D eigenvalue weighted by Crippen LogP contribution is -2.08. The molecule has 0 bridgehead atoms. The Bertz CT molecular complexity index is 287. The summed E-state index contributed by atoms with van der Waals surface area (Å²) in [5.41, 5.74) is 6.87. The normalized spacial score (nSPS) is 12.5. The summed E-state index contributed by atoms with van der Waals surface area (Å²) in [6, 6.07) is 7.89. The van der Waals surface area contributed by atoms with Gasteiger partial charge in [0.2, 0.25) is 0 Å². The van der Waals surface area contributed by atoms with Crippen LogP contribution >= 0.6 is 0 Å². The maximum Gasteiger partial charge on any atom is 0.119 e. The Hall–Kier alpha value is -1.06. The molecule has 1 atom stereocenters. The fraction of sp³-hybridized carbons (Fsp3) is 0.500. The van der Waals surface area contributed by atoms with E-state index >= 15 is 0 Å². The molecule has 1 aromatic carbocycles. The van der Waals surface area contributed by atoms with Gasteiger partial charge in [-0.2, -0.15) is 0 Å². The molecule has 0 unspecified atom stereocenters. The zero-order valence-corrected chi connectivity index (χ0v) is 9.40. The van der Waals surface area contributed by atoms with E-state index in [1.54, 1.807) is 0 Å². The average molecular weight is 209 g/mol. The van der Waals surface area contributed by atoms with Gasteiger partial charge in [-0.05, 0) is 31.5 Å². The van der Waals surface area contributed by atoms with Crippen LogP contribution in [0.3, 0.4) is 0 Å². The van der Waals surface area contributed by atoms with Gasteiger partial charge in [0.05, 0.1) is 6.61 Å². The lowest BCUT2D eigenvalue weighted by Gasteiger charge is -2.09. The van der Waals surface area contributed by atoms with Gasteiger partial charge in [0, 0.05) is 12.6 Å². The second-order valence-electron chi connectivity index (χ2n) is 3.41. The molecular weight excluding hydrogens is 190 g/mol. The standard InChI is InChI=1S/C12H19NO2/c1-3-14-7-8-15-12-6-4-5-11(9-12)10(2)13/h4-6,9-10H,3,7-8,13H2,1-2H3/t10-/m1/s1. The zero-order valence-electron chi connectivity index (χ0n) is 9.40. The molecule has 3 heteroatoms. The summed E-state index contributed by atoms with van der Waals surface area (Å²) in [6.45, 7) is 5.86. The third-order valence-electron chi connectivity index (χ3n) is 2.08. The predicted octanol–water partition coefficient (Wildman–Crippen LogP) is 2.12. The Labute approximate surface area is 91.2 Å². The molecule has 0 spiro atoms. The van der Waals surface area contributed by atoms with Crippen LogP contribution in [0.25, 0.3) is 0 Å². The third-order valence-corrected chi connectivity index (χ3v) is 2.08. The van der Waals surface area contributed by atoms with Gasteiger partial charge < -0.3 is 15.2 Å². The van der Waals surface area contributed by atoms with Gasteiger partial charge in [-0.3, -0.25) is 0 Å². The summed E-state index contributed by atoms with van der Waals surface area (Å²) in [5.74, 6) is 0.851. The molecule has 1 rings (SSSR count). The molecule has 0 heterocycles. The Morgan fingerprint density at radius 1 is 1.33 bits per heavy atom. The lowest BCUT2D eigenvalue weighted by molar-refractivity contribution is 0.110. The van der Waals surface area contributed by atoms with Gasteiger partial charge in [0.25, 0.3) is 0 Å². The van der Waals surface area contributed by atoms with E-state index in [1.165, 1.54) is 0 Å². The van der Waals surface area contributed by atoms with E-state index in [0.717, 1.165) is 17.9 Å². The third kappa shape index (κ3) is 4.32. The Balaban J connectivity index is 2.43. The van der Waals surface area contributed by atoms with Crippen LogP contribution in [0.15, 0.2) is 24.3 Å². The SMILES string of the molecule is CCOCCOc1cccc([C@@H](C)N)c1. The Morgan fingerprint density at radius 2 is 2.13 bits per heavy atom. The first-order chi connectivity index (χ1) is 7.24. The highest BCUT2D eigenvalue weighted by atomic mass is 16.5. The second kappa shape index (κ2) is 6.43. The lowest BCUT2D eigenvalue weighted by atomic mass is 10.1. The number of ether oxygens (including phenoxy) is 2. The summed E-state index contributed by atoms with van der Waals surface area (Å²) in [5, 5.41) is 0. The van der Waals surface area contributed by atoms with Crippen LogP contribution in [-0.2, 0) is 4.74 Å². The molecule has 0 fully saturated rings. The fourth-order valence-corrected chi connectivity index (χ4v) is 1.25. The smallest absolute Gasteiger partial charge is 0.119 e. The first-order valence-corrected chi connectivity index (χ1v) is 5.30. The minimum atomic E-state index is 0.0421. The summed E-state index contributed by atoms with van der Waals surface area (Å²) in [6.07, 6.45) is 0. The van der Waals surface area contributed by atoms with Gasteiger partial charge >= 0.3 is 0 Å². The molecule has 0 aliphatic heterocycles. The van der Waals surface area contributed by atoms with E-state index in [9.17, 15) is 0 Å². The van der Waals surface area contributed by atoms with Crippen LogP contribution in [0.4, 0.5) is 0 Å². The molecule has 0 amide bonds. The van der Waals surface area contributed by atoms with Crippen molar-refractivity contribution in [3.05, 3.63) is 29.8 Å². The van der Waals surface area contributed by atoms with Crippen LogP contribution in [0.1, 0.15) is 25.5 Å². The van der Waals surface area contributed by atoms with Crippen molar-refractivity contribution >= 4 is 0 Å².